The minimum Gasteiger partial charge on any atom is -0.130 e. The zero-order valence-electron chi connectivity index (χ0n) is 6.02. The van der Waals surface area contributed by atoms with E-state index in [1.165, 1.54) is 10.5 Å². The lowest BCUT2D eigenvalue weighted by molar-refractivity contribution is 1.34. The third kappa shape index (κ3) is 2.03. The maximum Gasteiger partial charge on any atom is 0.0189 e. The van der Waals surface area contributed by atoms with Crippen LogP contribution in [0.1, 0.15) is 5.56 Å². The van der Waals surface area contributed by atoms with Gasteiger partial charge in [0.15, 0.2) is 0 Å². The van der Waals surface area contributed by atoms with E-state index in [1.807, 2.05) is 0 Å². The molecule has 1 rings (SSSR count). The van der Waals surface area contributed by atoms with Gasteiger partial charge >= 0.3 is 0 Å². The van der Waals surface area contributed by atoms with Crippen LogP contribution in [0.5, 0.6) is 0 Å². The molecule has 10 heavy (non-hydrogen) atoms. The summed E-state index contributed by atoms with van der Waals surface area (Å²) in [5, 5.41) is 0. The Kier molecular flexibility index (Phi) is 2.81. The molecule has 0 saturated carbocycles. The molecule has 0 heterocycles. The SMILES string of the molecule is CSc1cc(C)cc(Br)c1. The van der Waals surface area contributed by atoms with Crippen molar-refractivity contribution in [3.05, 3.63) is 28.2 Å². The van der Waals surface area contributed by atoms with Crippen molar-refractivity contribution in [1.82, 2.24) is 0 Å². The number of hydrogen-bond acceptors (Lipinski definition) is 1. The van der Waals surface area contributed by atoms with Gasteiger partial charge in [0.05, 0.1) is 0 Å². The van der Waals surface area contributed by atoms with Gasteiger partial charge in [-0.1, -0.05) is 15.9 Å². The molecule has 1 aromatic rings. The van der Waals surface area contributed by atoms with Gasteiger partial charge in [0, 0.05) is 9.37 Å². The molecule has 0 aliphatic carbocycles. The highest BCUT2D eigenvalue weighted by Crippen LogP contribution is 2.21. The molecule has 0 aliphatic heterocycles. The van der Waals surface area contributed by atoms with E-state index in [0.29, 0.717) is 0 Å². The Morgan fingerprint density at radius 2 is 2.00 bits per heavy atom. The molecule has 0 atom stereocenters. The van der Waals surface area contributed by atoms with Crippen LogP contribution >= 0.6 is 27.7 Å². The molecule has 0 radical (unpaired) electrons. The molecule has 0 fully saturated rings. The predicted molar refractivity (Wildman–Crippen MR) is 50.7 cm³/mol. The van der Waals surface area contributed by atoms with E-state index in [9.17, 15) is 0 Å². The van der Waals surface area contributed by atoms with Crippen molar-refractivity contribution >= 4 is 27.7 Å². The van der Waals surface area contributed by atoms with Crippen molar-refractivity contribution in [2.24, 2.45) is 0 Å². The fraction of sp³-hybridized carbons (Fsp3) is 0.250. The van der Waals surface area contributed by atoms with Crippen LogP contribution < -0.4 is 0 Å². The van der Waals surface area contributed by atoms with Crippen LogP contribution in [0.4, 0.5) is 0 Å². The number of thioether (sulfide) groups is 1. The van der Waals surface area contributed by atoms with E-state index in [-0.39, 0.29) is 0 Å². The second kappa shape index (κ2) is 3.44. The van der Waals surface area contributed by atoms with Crippen molar-refractivity contribution in [3.63, 3.8) is 0 Å². The normalized spacial score (nSPS) is 9.90. The molecule has 0 N–H and O–H groups in total. The van der Waals surface area contributed by atoms with Crippen molar-refractivity contribution < 1.29 is 0 Å². The summed E-state index contributed by atoms with van der Waals surface area (Å²) in [5.74, 6) is 0. The van der Waals surface area contributed by atoms with Gasteiger partial charge in [0.1, 0.15) is 0 Å². The lowest BCUT2D eigenvalue weighted by atomic mass is 10.2. The third-order valence-corrected chi connectivity index (χ3v) is 2.42. The summed E-state index contributed by atoms with van der Waals surface area (Å²) in [6.07, 6.45) is 2.08. The van der Waals surface area contributed by atoms with Gasteiger partial charge in [-0.2, -0.15) is 0 Å². The minimum atomic E-state index is 1.16. The Balaban J connectivity index is 3.06. The zero-order valence-corrected chi connectivity index (χ0v) is 8.42. The summed E-state index contributed by atoms with van der Waals surface area (Å²) in [6.45, 7) is 2.10. The molecule has 0 nitrogen and oxygen atoms in total. The lowest BCUT2D eigenvalue weighted by Gasteiger charge is -1.98. The first-order valence-corrected chi connectivity index (χ1v) is 5.05. The molecule has 0 spiro atoms. The molecule has 0 saturated heterocycles. The first-order valence-electron chi connectivity index (χ1n) is 3.03. The fourth-order valence-electron chi connectivity index (χ4n) is 0.821. The van der Waals surface area contributed by atoms with Gasteiger partial charge in [0.2, 0.25) is 0 Å². The van der Waals surface area contributed by atoms with Crippen LogP contribution in [0.3, 0.4) is 0 Å². The largest absolute Gasteiger partial charge is 0.130 e. The summed E-state index contributed by atoms with van der Waals surface area (Å²) < 4.78 is 1.16. The van der Waals surface area contributed by atoms with Crippen molar-refractivity contribution in [1.29, 1.82) is 0 Å². The lowest BCUT2D eigenvalue weighted by Crippen LogP contribution is -1.74. The van der Waals surface area contributed by atoms with Gasteiger partial charge in [-0.15, -0.1) is 11.8 Å². The van der Waals surface area contributed by atoms with Crippen LogP contribution in [-0.4, -0.2) is 6.26 Å². The van der Waals surface area contributed by atoms with Gasteiger partial charge in [0.25, 0.3) is 0 Å². The molecule has 54 valence electrons. The van der Waals surface area contributed by atoms with E-state index >= 15 is 0 Å². The first-order chi connectivity index (χ1) is 4.72. The van der Waals surface area contributed by atoms with E-state index < -0.39 is 0 Å². The van der Waals surface area contributed by atoms with Crippen LogP contribution in [0.25, 0.3) is 0 Å². The zero-order chi connectivity index (χ0) is 7.56. The maximum absolute atomic E-state index is 3.44. The summed E-state index contributed by atoms with van der Waals surface area (Å²) in [7, 11) is 0. The summed E-state index contributed by atoms with van der Waals surface area (Å²) in [6, 6.07) is 6.41. The Morgan fingerprint density at radius 3 is 2.50 bits per heavy atom. The standard InChI is InChI=1S/C8H9BrS/c1-6-3-7(9)5-8(4-6)10-2/h3-5H,1-2H3. The molecular formula is C8H9BrS. The molecule has 0 aromatic heterocycles. The van der Waals surface area contributed by atoms with Crippen LogP contribution in [-0.2, 0) is 0 Å². The Bertz CT molecular complexity index is 212. The average Bonchev–Trinajstić information content (AvgIpc) is 1.85. The Morgan fingerprint density at radius 1 is 1.30 bits per heavy atom. The van der Waals surface area contributed by atoms with Gasteiger partial charge in [-0.05, 0) is 36.9 Å². The van der Waals surface area contributed by atoms with Gasteiger partial charge in [-0.3, -0.25) is 0 Å². The van der Waals surface area contributed by atoms with E-state index in [4.69, 9.17) is 0 Å². The molecule has 0 amide bonds. The van der Waals surface area contributed by atoms with Crippen molar-refractivity contribution in [3.8, 4) is 0 Å². The van der Waals surface area contributed by atoms with Crippen molar-refractivity contribution in [2.75, 3.05) is 6.26 Å². The number of halogens is 1. The third-order valence-electron chi connectivity index (χ3n) is 1.25. The van der Waals surface area contributed by atoms with Crippen LogP contribution in [0, 0.1) is 6.92 Å². The quantitative estimate of drug-likeness (QED) is 0.649. The van der Waals surface area contributed by atoms with Crippen LogP contribution in [0.2, 0.25) is 0 Å². The molecule has 0 bridgehead atoms. The highest BCUT2D eigenvalue weighted by Gasteiger charge is 1.92. The predicted octanol–water partition coefficient (Wildman–Crippen LogP) is 3.48. The number of rotatable bonds is 1. The van der Waals surface area contributed by atoms with E-state index in [2.05, 4.69) is 47.3 Å². The van der Waals surface area contributed by atoms with E-state index in [0.717, 1.165) is 4.47 Å². The minimum absolute atomic E-state index is 1.16. The summed E-state index contributed by atoms with van der Waals surface area (Å²) >= 11 is 5.21. The maximum atomic E-state index is 3.44. The molecule has 0 unspecified atom stereocenters. The number of hydrogen-bond donors (Lipinski definition) is 0. The average molecular weight is 217 g/mol. The fourth-order valence-corrected chi connectivity index (χ4v) is 2.13. The highest BCUT2D eigenvalue weighted by atomic mass is 79.9. The monoisotopic (exact) mass is 216 g/mol. The first kappa shape index (κ1) is 8.15. The van der Waals surface area contributed by atoms with Crippen LogP contribution in [0.15, 0.2) is 27.6 Å². The second-order valence-corrected chi connectivity index (χ2v) is 3.96. The topological polar surface area (TPSA) is 0 Å². The van der Waals surface area contributed by atoms with Gasteiger partial charge < -0.3 is 0 Å². The summed E-state index contributed by atoms with van der Waals surface area (Å²) in [4.78, 5) is 1.31. The number of aryl methyl sites for hydroxylation is 1. The highest BCUT2D eigenvalue weighted by molar-refractivity contribution is 9.10. The van der Waals surface area contributed by atoms with E-state index in [1.54, 1.807) is 11.8 Å². The molecule has 2 heteroatoms. The summed E-state index contributed by atoms with van der Waals surface area (Å²) in [5.41, 5.74) is 1.30. The molecular weight excluding hydrogens is 208 g/mol. The number of benzene rings is 1. The molecule has 1 aromatic carbocycles. The Labute approximate surface area is 74.2 Å². The van der Waals surface area contributed by atoms with Crippen molar-refractivity contribution in [2.45, 2.75) is 11.8 Å². The Hall–Kier alpha value is 0.0500. The molecule has 0 aliphatic rings. The van der Waals surface area contributed by atoms with Gasteiger partial charge in [-0.25, -0.2) is 0 Å². The second-order valence-electron chi connectivity index (χ2n) is 2.17. The smallest absolute Gasteiger partial charge is 0.0189 e.